The number of rotatable bonds is 4. The Kier molecular flexibility index (Phi) is 4.42. The van der Waals surface area contributed by atoms with Crippen LogP contribution in [0.3, 0.4) is 0 Å². The van der Waals surface area contributed by atoms with Gasteiger partial charge in [-0.1, -0.05) is 15.9 Å². The van der Waals surface area contributed by atoms with Crippen LogP contribution in [0.2, 0.25) is 0 Å². The molecular weight excluding hydrogens is 338 g/mol. The second-order valence-corrected chi connectivity index (χ2v) is 5.19. The molecule has 6 nitrogen and oxygen atoms in total. The lowest BCUT2D eigenvalue weighted by molar-refractivity contribution is 0.0517. The number of Topliss-reactive ketones (excluding diaryl/α,β-unsaturated/α-hetero) is 1. The fourth-order valence-corrected chi connectivity index (χ4v) is 2.12. The van der Waals surface area contributed by atoms with Gasteiger partial charge in [0, 0.05) is 11.4 Å². The van der Waals surface area contributed by atoms with Crippen LogP contribution >= 0.6 is 15.9 Å². The van der Waals surface area contributed by atoms with E-state index in [4.69, 9.17) is 10.5 Å². The van der Waals surface area contributed by atoms with Crippen LogP contribution in [0.15, 0.2) is 28.7 Å². The van der Waals surface area contributed by atoms with Crippen molar-refractivity contribution in [1.29, 1.82) is 0 Å². The van der Waals surface area contributed by atoms with Gasteiger partial charge in [0.15, 0.2) is 17.2 Å². The number of aromatic nitrogens is 2. The number of benzene rings is 1. The summed E-state index contributed by atoms with van der Waals surface area (Å²) in [5, 5.41) is 4.14. The molecule has 0 unspecified atom stereocenters. The molecule has 0 radical (unpaired) electrons. The van der Waals surface area contributed by atoms with Crippen LogP contribution in [0.5, 0.6) is 0 Å². The number of nitrogens with zero attached hydrogens (tertiary/aromatic N) is 2. The van der Waals surface area contributed by atoms with Gasteiger partial charge in [0.2, 0.25) is 0 Å². The van der Waals surface area contributed by atoms with Crippen LogP contribution in [0.1, 0.15) is 34.8 Å². The Morgan fingerprint density at radius 3 is 2.48 bits per heavy atom. The average molecular weight is 352 g/mol. The van der Waals surface area contributed by atoms with Gasteiger partial charge in [0.1, 0.15) is 0 Å². The quantitative estimate of drug-likeness (QED) is 0.675. The van der Waals surface area contributed by atoms with Crippen LogP contribution < -0.4 is 5.73 Å². The van der Waals surface area contributed by atoms with Gasteiger partial charge in [-0.3, -0.25) is 4.79 Å². The number of anilines is 1. The number of esters is 1. The number of hydrogen-bond donors (Lipinski definition) is 1. The lowest BCUT2D eigenvalue weighted by atomic mass is 10.2. The fraction of sp³-hybridized carbons (Fsp3) is 0.214. The molecule has 0 amide bonds. The molecule has 0 saturated carbocycles. The topological polar surface area (TPSA) is 87.2 Å². The lowest BCUT2D eigenvalue weighted by Crippen LogP contribution is -2.13. The zero-order chi connectivity index (χ0) is 15.6. The molecule has 1 heterocycles. The van der Waals surface area contributed by atoms with Gasteiger partial charge in [0.05, 0.1) is 18.0 Å². The Labute approximate surface area is 130 Å². The van der Waals surface area contributed by atoms with Crippen LogP contribution in [-0.2, 0) is 4.74 Å². The Morgan fingerprint density at radius 1 is 1.33 bits per heavy atom. The highest BCUT2D eigenvalue weighted by Gasteiger charge is 2.25. The fourth-order valence-electron chi connectivity index (χ4n) is 1.86. The summed E-state index contributed by atoms with van der Waals surface area (Å²) in [5.41, 5.74) is 6.65. The van der Waals surface area contributed by atoms with Crippen molar-refractivity contribution >= 4 is 33.4 Å². The number of nitrogen functional groups attached to an aromatic ring is 1. The molecule has 0 spiro atoms. The smallest absolute Gasteiger partial charge is 0.359 e. The van der Waals surface area contributed by atoms with Crippen molar-refractivity contribution < 1.29 is 14.3 Å². The minimum absolute atomic E-state index is 0.0314. The Hall–Kier alpha value is -2.15. The van der Waals surface area contributed by atoms with E-state index in [0.29, 0.717) is 5.69 Å². The summed E-state index contributed by atoms with van der Waals surface area (Å²) >= 11 is 3.33. The van der Waals surface area contributed by atoms with E-state index in [0.717, 1.165) is 4.47 Å². The first-order valence-electron chi connectivity index (χ1n) is 6.28. The molecule has 0 saturated heterocycles. The Bertz CT molecular complexity index is 692. The maximum atomic E-state index is 12.1. The number of hydrogen-bond acceptors (Lipinski definition) is 5. The molecule has 0 aliphatic heterocycles. The first kappa shape index (κ1) is 15.2. The molecule has 7 heteroatoms. The van der Waals surface area contributed by atoms with E-state index >= 15 is 0 Å². The largest absolute Gasteiger partial charge is 0.461 e. The molecular formula is C14H14BrN3O3. The monoisotopic (exact) mass is 351 g/mol. The zero-order valence-electron chi connectivity index (χ0n) is 11.6. The summed E-state index contributed by atoms with van der Waals surface area (Å²) in [6.45, 7) is 3.25. The van der Waals surface area contributed by atoms with Gasteiger partial charge in [0.25, 0.3) is 0 Å². The number of halogens is 1. The van der Waals surface area contributed by atoms with Crippen LogP contribution in [-0.4, -0.2) is 28.1 Å². The van der Waals surface area contributed by atoms with E-state index in [2.05, 4.69) is 21.0 Å². The van der Waals surface area contributed by atoms with Crippen LogP contribution in [0, 0.1) is 0 Å². The summed E-state index contributed by atoms with van der Waals surface area (Å²) in [4.78, 5) is 23.7. The van der Waals surface area contributed by atoms with Gasteiger partial charge in [-0.05, 0) is 31.2 Å². The molecule has 1 aromatic carbocycles. The number of nitrogens with two attached hydrogens (primary N) is 1. The summed E-state index contributed by atoms with van der Waals surface area (Å²) in [7, 11) is 0. The highest BCUT2D eigenvalue weighted by Crippen LogP contribution is 2.23. The number of ether oxygens (including phenoxy) is 1. The van der Waals surface area contributed by atoms with Gasteiger partial charge in [-0.25, -0.2) is 9.48 Å². The Morgan fingerprint density at radius 2 is 1.95 bits per heavy atom. The van der Waals surface area contributed by atoms with E-state index < -0.39 is 5.97 Å². The summed E-state index contributed by atoms with van der Waals surface area (Å²) in [5.74, 6) is -0.924. The molecule has 0 atom stereocenters. The van der Waals surface area contributed by atoms with Crippen molar-refractivity contribution in [3.05, 3.63) is 40.1 Å². The Balaban J connectivity index is 2.63. The number of carbonyl (C=O) groups excluding carboxylic acids is 2. The van der Waals surface area contributed by atoms with Crippen LogP contribution in [0.25, 0.3) is 5.69 Å². The molecule has 21 heavy (non-hydrogen) atoms. The SMILES string of the molecule is CCOC(=O)c1c(N)c(C(C)=O)nn1-c1ccc(Br)cc1. The van der Waals surface area contributed by atoms with Crippen molar-refractivity contribution in [2.75, 3.05) is 12.3 Å². The molecule has 110 valence electrons. The lowest BCUT2D eigenvalue weighted by Gasteiger charge is -2.07. The first-order valence-corrected chi connectivity index (χ1v) is 7.07. The minimum atomic E-state index is -0.613. The van der Waals surface area contributed by atoms with Gasteiger partial charge in [-0.15, -0.1) is 0 Å². The summed E-state index contributed by atoms with van der Waals surface area (Å²) < 4.78 is 7.20. The zero-order valence-corrected chi connectivity index (χ0v) is 13.2. The van der Waals surface area contributed by atoms with Gasteiger partial charge < -0.3 is 10.5 Å². The molecule has 0 aliphatic carbocycles. The number of carbonyl (C=O) groups is 2. The predicted molar refractivity (Wildman–Crippen MR) is 81.6 cm³/mol. The highest BCUT2D eigenvalue weighted by molar-refractivity contribution is 9.10. The van der Waals surface area contributed by atoms with Crippen molar-refractivity contribution in [2.24, 2.45) is 0 Å². The van der Waals surface area contributed by atoms with E-state index in [1.165, 1.54) is 11.6 Å². The molecule has 2 N–H and O–H groups in total. The third-order valence-corrected chi connectivity index (χ3v) is 3.32. The van der Waals surface area contributed by atoms with Gasteiger partial charge in [-0.2, -0.15) is 5.10 Å². The first-order chi connectivity index (χ1) is 9.95. The standard InChI is InChI=1S/C14H14BrN3O3/c1-3-21-14(20)13-11(16)12(8(2)19)17-18(13)10-6-4-9(15)5-7-10/h4-7H,3,16H2,1-2H3. The second kappa shape index (κ2) is 6.09. The average Bonchev–Trinajstić information content (AvgIpc) is 2.77. The van der Waals surface area contributed by atoms with Crippen molar-refractivity contribution in [1.82, 2.24) is 9.78 Å². The van der Waals surface area contributed by atoms with Crippen molar-refractivity contribution in [2.45, 2.75) is 13.8 Å². The minimum Gasteiger partial charge on any atom is -0.461 e. The summed E-state index contributed by atoms with van der Waals surface area (Å²) in [6.07, 6.45) is 0. The molecule has 0 fully saturated rings. The van der Waals surface area contributed by atoms with E-state index in [9.17, 15) is 9.59 Å². The van der Waals surface area contributed by atoms with E-state index in [1.807, 2.05) is 0 Å². The molecule has 0 bridgehead atoms. The highest BCUT2D eigenvalue weighted by atomic mass is 79.9. The number of ketones is 1. The van der Waals surface area contributed by atoms with Crippen LogP contribution in [0.4, 0.5) is 5.69 Å². The van der Waals surface area contributed by atoms with Crippen molar-refractivity contribution in [3.63, 3.8) is 0 Å². The molecule has 2 aromatic rings. The molecule has 2 rings (SSSR count). The second-order valence-electron chi connectivity index (χ2n) is 4.28. The molecule has 1 aromatic heterocycles. The van der Waals surface area contributed by atoms with E-state index in [1.54, 1.807) is 31.2 Å². The predicted octanol–water partition coefficient (Wildman–Crippen LogP) is 2.60. The molecule has 0 aliphatic rings. The maximum absolute atomic E-state index is 12.1. The summed E-state index contributed by atoms with van der Waals surface area (Å²) in [6, 6.07) is 7.11. The van der Waals surface area contributed by atoms with E-state index in [-0.39, 0.29) is 29.5 Å². The third-order valence-electron chi connectivity index (χ3n) is 2.80. The normalized spacial score (nSPS) is 10.4. The van der Waals surface area contributed by atoms with Gasteiger partial charge >= 0.3 is 5.97 Å². The van der Waals surface area contributed by atoms with Crippen molar-refractivity contribution in [3.8, 4) is 5.69 Å². The third kappa shape index (κ3) is 2.97. The maximum Gasteiger partial charge on any atom is 0.359 e.